The Morgan fingerprint density at radius 2 is 1.65 bits per heavy atom. The quantitative estimate of drug-likeness (QED) is 0.242. The van der Waals surface area contributed by atoms with Gasteiger partial charge >= 0.3 is 0 Å². The van der Waals surface area contributed by atoms with Crippen LogP contribution in [0.15, 0.2) is 11.6 Å². The molecule has 0 aromatic carbocycles. The number of hydrogen-bond donors (Lipinski definition) is 0. The Balaban J connectivity index is 2.47. The van der Waals surface area contributed by atoms with Gasteiger partial charge < -0.3 is 9.47 Å². The number of Topliss-reactive ketones (excluding diaryl/α,β-unsaturated/α-hetero) is 1. The van der Waals surface area contributed by atoms with E-state index in [0.29, 0.717) is 34.7 Å². The molecule has 0 spiro atoms. The van der Waals surface area contributed by atoms with Crippen molar-refractivity contribution >= 4 is 13.9 Å². The van der Waals surface area contributed by atoms with Crippen molar-refractivity contribution in [1.29, 1.82) is 0 Å². The molecule has 2 bridgehead atoms. The molecule has 1 unspecified atom stereocenters. The Bertz CT molecular complexity index is 730. The minimum absolute atomic E-state index is 0.0284. The Morgan fingerprint density at radius 3 is 2.13 bits per heavy atom. The van der Waals surface area contributed by atoms with Crippen LogP contribution in [0.4, 0.5) is 0 Å². The predicted octanol–water partition coefficient (Wildman–Crippen LogP) is 6.93. The number of allylic oxidation sites excluding steroid dienone is 1. The van der Waals surface area contributed by atoms with Gasteiger partial charge in [-0.1, -0.05) is 74.3 Å². The van der Waals surface area contributed by atoms with E-state index in [2.05, 4.69) is 73.8 Å². The lowest BCUT2D eigenvalue weighted by atomic mass is 9.64. The predicted molar refractivity (Wildman–Crippen MR) is 132 cm³/mol. The summed E-state index contributed by atoms with van der Waals surface area (Å²) < 4.78 is 12.7. The molecule has 1 saturated heterocycles. The number of hydrogen-bond acceptors (Lipinski definition) is 3. The summed E-state index contributed by atoms with van der Waals surface area (Å²) in [6, 6.07) is 0. The van der Waals surface area contributed by atoms with Crippen molar-refractivity contribution in [3.8, 4) is 11.5 Å². The first kappa shape index (κ1) is 26.4. The van der Waals surface area contributed by atoms with Crippen molar-refractivity contribution in [3.05, 3.63) is 11.6 Å². The molecule has 0 N–H and O–H groups in total. The molecule has 0 aromatic rings. The molecule has 0 aromatic heterocycles. The van der Waals surface area contributed by atoms with Crippen LogP contribution in [0.5, 0.6) is 0 Å². The first-order valence-corrected chi connectivity index (χ1v) is 14.5. The largest absolute Gasteiger partial charge is 0.352 e. The van der Waals surface area contributed by atoms with Gasteiger partial charge in [0.2, 0.25) is 0 Å². The summed E-state index contributed by atoms with van der Waals surface area (Å²) in [7, 11) is -1.96. The maximum absolute atomic E-state index is 13.3. The zero-order valence-corrected chi connectivity index (χ0v) is 22.9. The molecule has 0 amide bonds. The highest BCUT2D eigenvalue weighted by Gasteiger charge is 2.60. The molecular formula is C27H46O3Si. The van der Waals surface area contributed by atoms with Crippen LogP contribution in [0.25, 0.3) is 0 Å². The fourth-order valence-corrected chi connectivity index (χ4v) is 11.4. The Hall–Kier alpha value is -0.893. The van der Waals surface area contributed by atoms with Gasteiger partial charge in [0.25, 0.3) is 0 Å². The highest BCUT2D eigenvalue weighted by molar-refractivity contribution is 6.90. The molecule has 2 fully saturated rings. The average molecular weight is 447 g/mol. The van der Waals surface area contributed by atoms with E-state index in [1.165, 1.54) is 0 Å². The van der Waals surface area contributed by atoms with Gasteiger partial charge in [-0.25, -0.2) is 0 Å². The molecule has 1 aliphatic heterocycles. The molecule has 176 valence electrons. The summed E-state index contributed by atoms with van der Waals surface area (Å²) in [5.41, 5.74) is 5.97. The minimum atomic E-state index is -1.96. The molecule has 0 radical (unpaired) electrons. The van der Waals surface area contributed by atoms with Crippen LogP contribution in [-0.4, -0.2) is 32.9 Å². The zero-order valence-electron chi connectivity index (χ0n) is 21.9. The van der Waals surface area contributed by atoms with Gasteiger partial charge in [0.05, 0.1) is 6.61 Å². The number of carbonyl (C=O) groups is 1. The maximum atomic E-state index is 13.3. The summed E-state index contributed by atoms with van der Waals surface area (Å²) in [6.45, 7) is 25.2. The second-order valence-electron chi connectivity index (χ2n) is 11.6. The van der Waals surface area contributed by atoms with Crippen molar-refractivity contribution in [1.82, 2.24) is 0 Å². The summed E-state index contributed by atoms with van der Waals surface area (Å²) in [4.78, 5) is 13.3. The van der Waals surface area contributed by atoms with E-state index in [1.807, 2.05) is 19.9 Å². The molecule has 4 heteroatoms. The fraction of sp³-hybridized carbons (Fsp3) is 0.815. The molecule has 2 aliphatic rings. The Labute approximate surface area is 192 Å². The van der Waals surface area contributed by atoms with Crippen LogP contribution in [0.3, 0.4) is 0 Å². The first-order chi connectivity index (χ1) is 14.3. The normalized spacial score (nSPS) is 29.3. The molecule has 4 atom stereocenters. The van der Waals surface area contributed by atoms with Crippen LogP contribution in [0, 0.1) is 28.2 Å². The van der Waals surface area contributed by atoms with E-state index in [-0.39, 0.29) is 16.6 Å². The van der Waals surface area contributed by atoms with Crippen LogP contribution in [-0.2, 0) is 14.3 Å². The number of fused-ring (bicyclic) bond motifs is 2. The van der Waals surface area contributed by atoms with Crippen LogP contribution in [0.2, 0.25) is 16.6 Å². The van der Waals surface area contributed by atoms with Gasteiger partial charge in [-0.05, 0) is 60.2 Å². The van der Waals surface area contributed by atoms with Crippen LogP contribution in [0.1, 0.15) is 89.0 Å². The van der Waals surface area contributed by atoms with Gasteiger partial charge in [0.1, 0.15) is 8.07 Å². The SMILES string of the molecule is C/C=C(\C)C(=O)C(C#C[Si](C(C)C)(C(C)C)C(C)C)O[C@H]1OC[C@H]2CC[C@]1(C)C2(C)C. The third-order valence-electron chi connectivity index (χ3n) is 9.08. The van der Waals surface area contributed by atoms with E-state index in [9.17, 15) is 4.79 Å². The lowest BCUT2D eigenvalue weighted by Crippen LogP contribution is -2.53. The van der Waals surface area contributed by atoms with Crippen molar-refractivity contribution in [3.63, 3.8) is 0 Å². The van der Waals surface area contributed by atoms with Gasteiger partial charge in [-0.3, -0.25) is 4.79 Å². The Morgan fingerprint density at radius 1 is 1.10 bits per heavy atom. The highest BCUT2D eigenvalue weighted by Crippen LogP contribution is 2.61. The van der Waals surface area contributed by atoms with Crippen molar-refractivity contribution in [2.45, 2.75) is 118 Å². The second-order valence-corrected chi connectivity index (χ2v) is 17.1. The molecule has 31 heavy (non-hydrogen) atoms. The lowest BCUT2D eigenvalue weighted by Gasteiger charge is -2.50. The second kappa shape index (κ2) is 9.54. The summed E-state index contributed by atoms with van der Waals surface area (Å²) >= 11 is 0. The monoisotopic (exact) mass is 446 g/mol. The summed E-state index contributed by atoms with van der Waals surface area (Å²) in [5.74, 6) is 3.91. The maximum Gasteiger partial charge on any atom is 0.199 e. The van der Waals surface area contributed by atoms with Crippen LogP contribution < -0.4 is 0 Å². The van der Waals surface area contributed by atoms with Gasteiger partial charge in [-0.2, -0.15) is 0 Å². The number of ketones is 1. The van der Waals surface area contributed by atoms with E-state index in [0.717, 1.165) is 12.8 Å². The van der Waals surface area contributed by atoms with Crippen molar-refractivity contribution in [2.75, 3.05) is 6.61 Å². The smallest absolute Gasteiger partial charge is 0.199 e. The third kappa shape index (κ3) is 4.48. The molecule has 1 heterocycles. The molecule has 1 aliphatic carbocycles. The number of carbonyl (C=O) groups excluding carboxylic acids is 1. The summed E-state index contributed by atoms with van der Waals surface area (Å²) in [5, 5.41) is 0. The standard InChI is InChI=1S/C27H46O3Si/c1-12-21(8)24(28)23(14-16-31(18(2)3,19(4)5)20(6)7)30-25-27(11)15-13-22(17-29-25)26(27,9)10/h12,18-20,22-23,25H,13,15,17H2,1-11H3/b21-12+/t22-,23?,25-,27+/m1/s1. The van der Waals surface area contributed by atoms with E-state index in [4.69, 9.17) is 9.47 Å². The van der Waals surface area contributed by atoms with Gasteiger partial charge in [-0.15, -0.1) is 5.54 Å². The third-order valence-corrected chi connectivity index (χ3v) is 15.4. The van der Waals surface area contributed by atoms with E-state index >= 15 is 0 Å². The molecule has 3 nitrogen and oxygen atoms in total. The molecule has 2 rings (SSSR count). The first-order valence-electron chi connectivity index (χ1n) is 12.2. The van der Waals surface area contributed by atoms with Gasteiger partial charge in [0.15, 0.2) is 18.2 Å². The van der Waals surface area contributed by atoms with E-state index < -0.39 is 20.5 Å². The average Bonchev–Trinajstić information content (AvgIpc) is 2.80. The number of ether oxygens (including phenoxy) is 2. The van der Waals surface area contributed by atoms with Crippen molar-refractivity contribution in [2.24, 2.45) is 16.7 Å². The summed E-state index contributed by atoms with van der Waals surface area (Å²) in [6.07, 6.45) is 2.91. The number of rotatable bonds is 7. The van der Waals surface area contributed by atoms with Crippen molar-refractivity contribution < 1.29 is 14.3 Å². The minimum Gasteiger partial charge on any atom is -0.352 e. The van der Waals surface area contributed by atoms with E-state index in [1.54, 1.807) is 0 Å². The molecular weight excluding hydrogens is 400 g/mol. The van der Waals surface area contributed by atoms with Gasteiger partial charge in [0, 0.05) is 5.41 Å². The fourth-order valence-electron chi connectivity index (χ4n) is 6.17. The van der Waals surface area contributed by atoms with Crippen LogP contribution >= 0.6 is 0 Å². The zero-order chi connectivity index (χ0) is 23.8. The molecule has 1 saturated carbocycles. The topological polar surface area (TPSA) is 35.5 Å². The Kier molecular flexibility index (Phi) is 8.11. The lowest BCUT2D eigenvalue weighted by molar-refractivity contribution is -0.268. The highest BCUT2D eigenvalue weighted by atomic mass is 28.3.